The molecule has 26 heavy (non-hydrogen) atoms. The van der Waals surface area contributed by atoms with Crippen molar-refractivity contribution in [1.29, 1.82) is 0 Å². The number of anilines is 1. The third-order valence-corrected chi connectivity index (χ3v) is 4.58. The predicted molar refractivity (Wildman–Crippen MR) is 94.7 cm³/mol. The minimum atomic E-state index is -4.10. The highest BCUT2D eigenvalue weighted by Crippen LogP contribution is 2.23. The number of nitrogens with two attached hydrogens (primary N) is 1. The number of para-hydroxylation sites is 2. The van der Waals surface area contributed by atoms with Crippen molar-refractivity contribution >= 4 is 39.2 Å². The number of ether oxygens (including phenoxy) is 2. The van der Waals surface area contributed by atoms with Crippen molar-refractivity contribution in [3.8, 4) is 5.75 Å². The Morgan fingerprint density at radius 2 is 1.88 bits per heavy atom. The summed E-state index contributed by atoms with van der Waals surface area (Å²) in [6.07, 6.45) is 0. The van der Waals surface area contributed by atoms with E-state index < -0.39 is 33.4 Å². The maximum atomic E-state index is 12.0. The van der Waals surface area contributed by atoms with Crippen LogP contribution in [-0.2, 0) is 19.6 Å². The number of esters is 1. The van der Waals surface area contributed by atoms with E-state index in [-0.39, 0.29) is 10.6 Å². The molecule has 0 aromatic heterocycles. The first-order valence-electron chi connectivity index (χ1n) is 7.14. The zero-order valence-electron chi connectivity index (χ0n) is 13.6. The molecule has 3 N–H and O–H groups in total. The zero-order chi connectivity index (χ0) is 19.3. The van der Waals surface area contributed by atoms with Gasteiger partial charge < -0.3 is 14.8 Å². The molecule has 2 rings (SSSR count). The molecular formula is C16H15ClN2O6S. The van der Waals surface area contributed by atoms with Crippen LogP contribution in [0.2, 0.25) is 5.02 Å². The number of carbonyl (C=O) groups excluding carboxylic acids is 2. The van der Waals surface area contributed by atoms with Gasteiger partial charge in [-0.25, -0.2) is 18.4 Å². The van der Waals surface area contributed by atoms with Crippen molar-refractivity contribution < 1.29 is 27.5 Å². The van der Waals surface area contributed by atoms with Gasteiger partial charge in [-0.3, -0.25) is 4.79 Å². The molecule has 10 heteroatoms. The van der Waals surface area contributed by atoms with Crippen LogP contribution in [0.4, 0.5) is 5.69 Å². The molecule has 0 bridgehead atoms. The number of sulfonamides is 1. The van der Waals surface area contributed by atoms with Crippen molar-refractivity contribution in [2.45, 2.75) is 4.90 Å². The van der Waals surface area contributed by atoms with Crippen molar-refractivity contribution in [2.24, 2.45) is 5.14 Å². The van der Waals surface area contributed by atoms with Gasteiger partial charge in [0.1, 0.15) is 10.6 Å². The average molecular weight is 399 g/mol. The van der Waals surface area contributed by atoms with E-state index >= 15 is 0 Å². The summed E-state index contributed by atoms with van der Waals surface area (Å²) >= 11 is 5.74. The van der Waals surface area contributed by atoms with Crippen LogP contribution in [0.25, 0.3) is 0 Å². The van der Waals surface area contributed by atoms with E-state index in [1.807, 2.05) is 0 Å². The maximum Gasteiger partial charge on any atom is 0.338 e. The lowest BCUT2D eigenvalue weighted by Crippen LogP contribution is -2.21. The monoisotopic (exact) mass is 398 g/mol. The summed E-state index contributed by atoms with van der Waals surface area (Å²) < 4.78 is 32.8. The molecule has 0 heterocycles. The third-order valence-electron chi connectivity index (χ3n) is 3.19. The molecule has 0 unspecified atom stereocenters. The number of benzene rings is 2. The quantitative estimate of drug-likeness (QED) is 0.714. The number of hydrogen-bond donors (Lipinski definition) is 2. The molecule has 0 aliphatic rings. The summed E-state index contributed by atoms with van der Waals surface area (Å²) in [4.78, 5) is 23.5. The summed E-state index contributed by atoms with van der Waals surface area (Å²) in [6, 6.07) is 10.2. The molecule has 0 spiro atoms. The van der Waals surface area contributed by atoms with Crippen molar-refractivity contribution in [1.82, 2.24) is 0 Å². The number of nitrogens with one attached hydrogen (secondary N) is 1. The number of rotatable bonds is 6. The first kappa shape index (κ1) is 19.7. The molecule has 2 aromatic rings. The SMILES string of the molecule is COc1ccccc1NC(=O)COC(=O)c1ccc(Cl)c(S(N)(=O)=O)c1. The fourth-order valence-electron chi connectivity index (χ4n) is 2.00. The Morgan fingerprint density at radius 1 is 1.19 bits per heavy atom. The van der Waals surface area contributed by atoms with E-state index in [2.05, 4.69) is 5.32 Å². The van der Waals surface area contributed by atoms with Gasteiger partial charge in [0.25, 0.3) is 5.91 Å². The Bertz CT molecular complexity index is 946. The molecular weight excluding hydrogens is 384 g/mol. The van der Waals surface area contributed by atoms with E-state index in [1.54, 1.807) is 24.3 Å². The van der Waals surface area contributed by atoms with Crippen LogP contribution in [0.15, 0.2) is 47.4 Å². The number of carbonyl (C=O) groups is 2. The number of amides is 1. The summed E-state index contributed by atoms with van der Waals surface area (Å²) in [7, 11) is -2.65. The highest BCUT2D eigenvalue weighted by Gasteiger charge is 2.18. The first-order valence-corrected chi connectivity index (χ1v) is 9.07. The number of primary sulfonamides is 1. The van der Waals surface area contributed by atoms with Crippen LogP contribution in [0.1, 0.15) is 10.4 Å². The van der Waals surface area contributed by atoms with E-state index in [1.165, 1.54) is 19.2 Å². The Labute approximate surface area is 154 Å². The highest BCUT2D eigenvalue weighted by atomic mass is 35.5. The summed E-state index contributed by atoms with van der Waals surface area (Å²) in [5.74, 6) is -1.05. The van der Waals surface area contributed by atoms with Gasteiger partial charge in [-0.2, -0.15) is 0 Å². The van der Waals surface area contributed by atoms with Crippen molar-refractivity contribution in [3.63, 3.8) is 0 Å². The van der Waals surface area contributed by atoms with Gasteiger partial charge in [0.2, 0.25) is 10.0 Å². The average Bonchev–Trinajstić information content (AvgIpc) is 2.59. The standard InChI is InChI=1S/C16H15ClN2O6S/c1-24-13-5-3-2-4-12(13)19-15(20)9-25-16(21)10-6-7-11(17)14(8-10)26(18,22)23/h2-8H,9H2,1H3,(H,19,20)(H2,18,22,23). The highest BCUT2D eigenvalue weighted by molar-refractivity contribution is 7.89. The fraction of sp³-hybridized carbons (Fsp3) is 0.125. The second-order valence-electron chi connectivity index (χ2n) is 5.01. The molecule has 0 radical (unpaired) electrons. The Morgan fingerprint density at radius 3 is 2.54 bits per heavy atom. The number of halogens is 1. The van der Waals surface area contributed by atoms with E-state index in [4.69, 9.17) is 26.2 Å². The maximum absolute atomic E-state index is 12.0. The van der Waals surface area contributed by atoms with Crippen LogP contribution < -0.4 is 15.2 Å². The van der Waals surface area contributed by atoms with Crippen LogP contribution in [0.3, 0.4) is 0 Å². The van der Waals surface area contributed by atoms with Crippen LogP contribution in [0, 0.1) is 0 Å². The van der Waals surface area contributed by atoms with Gasteiger partial charge in [0.15, 0.2) is 6.61 Å². The second-order valence-corrected chi connectivity index (χ2v) is 6.95. The van der Waals surface area contributed by atoms with E-state index in [0.717, 1.165) is 6.07 Å². The predicted octanol–water partition coefficient (Wildman–Crippen LogP) is 1.79. The molecule has 0 saturated carbocycles. The lowest BCUT2D eigenvalue weighted by Gasteiger charge is -2.10. The zero-order valence-corrected chi connectivity index (χ0v) is 15.1. The van der Waals surface area contributed by atoms with Gasteiger partial charge in [-0.15, -0.1) is 0 Å². The van der Waals surface area contributed by atoms with Gasteiger partial charge in [0, 0.05) is 0 Å². The topological polar surface area (TPSA) is 125 Å². The summed E-state index contributed by atoms with van der Waals surface area (Å²) in [5, 5.41) is 7.43. The van der Waals surface area contributed by atoms with Gasteiger partial charge >= 0.3 is 5.97 Å². The summed E-state index contributed by atoms with van der Waals surface area (Å²) in [6.45, 7) is -0.579. The molecule has 0 saturated heterocycles. The molecule has 0 fully saturated rings. The van der Waals surface area contributed by atoms with Gasteiger partial charge in [-0.05, 0) is 30.3 Å². The second kappa shape index (κ2) is 8.17. The van der Waals surface area contributed by atoms with Crippen molar-refractivity contribution in [2.75, 3.05) is 19.0 Å². The molecule has 1 amide bonds. The minimum Gasteiger partial charge on any atom is -0.495 e. The molecule has 2 aromatic carbocycles. The molecule has 0 atom stereocenters. The van der Waals surface area contributed by atoms with Crippen LogP contribution in [-0.4, -0.2) is 34.0 Å². The van der Waals surface area contributed by atoms with Crippen LogP contribution >= 0.6 is 11.6 Å². The van der Waals surface area contributed by atoms with Crippen molar-refractivity contribution in [3.05, 3.63) is 53.1 Å². The largest absolute Gasteiger partial charge is 0.495 e. The van der Waals surface area contributed by atoms with Gasteiger partial charge in [-0.1, -0.05) is 23.7 Å². The Hall–Kier alpha value is -2.62. The van der Waals surface area contributed by atoms with E-state index in [0.29, 0.717) is 11.4 Å². The Balaban J connectivity index is 2.04. The normalized spacial score (nSPS) is 10.9. The Kier molecular flexibility index (Phi) is 6.19. The molecule has 138 valence electrons. The number of methoxy groups -OCH3 is 1. The molecule has 8 nitrogen and oxygen atoms in total. The first-order chi connectivity index (χ1) is 12.2. The fourth-order valence-corrected chi connectivity index (χ4v) is 3.07. The number of hydrogen-bond acceptors (Lipinski definition) is 6. The lowest BCUT2D eigenvalue weighted by atomic mass is 10.2. The molecule has 0 aliphatic carbocycles. The summed E-state index contributed by atoms with van der Waals surface area (Å²) in [5.41, 5.74) is 0.308. The molecule has 0 aliphatic heterocycles. The van der Waals surface area contributed by atoms with Gasteiger partial charge in [0.05, 0.1) is 23.4 Å². The van der Waals surface area contributed by atoms with Crippen LogP contribution in [0.5, 0.6) is 5.75 Å². The smallest absolute Gasteiger partial charge is 0.338 e. The lowest BCUT2D eigenvalue weighted by molar-refractivity contribution is -0.119. The minimum absolute atomic E-state index is 0.108. The third kappa shape index (κ3) is 4.94. The van der Waals surface area contributed by atoms with E-state index in [9.17, 15) is 18.0 Å².